The van der Waals surface area contributed by atoms with Crippen molar-refractivity contribution in [1.82, 2.24) is 20.0 Å². The first-order valence-corrected chi connectivity index (χ1v) is 10.6. The van der Waals surface area contributed by atoms with Crippen molar-refractivity contribution in [3.8, 4) is 11.5 Å². The number of nitrogen functional groups attached to an aromatic ring is 1. The van der Waals surface area contributed by atoms with Crippen LogP contribution in [0.25, 0.3) is 22.2 Å². The van der Waals surface area contributed by atoms with Gasteiger partial charge in [0, 0.05) is 6.54 Å². The highest BCUT2D eigenvalue weighted by molar-refractivity contribution is 6.10. The molecular weight excluding hydrogens is 451 g/mol. The fourth-order valence-corrected chi connectivity index (χ4v) is 3.61. The van der Waals surface area contributed by atoms with Crippen LogP contribution in [-0.4, -0.2) is 37.0 Å². The van der Waals surface area contributed by atoms with Crippen LogP contribution in [0.5, 0.6) is 11.5 Å². The predicted molar refractivity (Wildman–Crippen MR) is 130 cm³/mol. The molecule has 5 aromatic rings. The zero-order chi connectivity index (χ0) is 24.5. The van der Waals surface area contributed by atoms with Gasteiger partial charge in [-0.25, -0.2) is 14.4 Å². The number of phenolic OH excluding ortho intramolecular Hbond substituents is 2. The van der Waals surface area contributed by atoms with E-state index in [1.54, 1.807) is 30.3 Å². The molecule has 0 unspecified atom stereocenters. The number of halogens is 1. The summed E-state index contributed by atoms with van der Waals surface area (Å²) in [5, 5.41) is 26.4. The van der Waals surface area contributed by atoms with Crippen LogP contribution in [0.1, 0.15) is 21.5 Å². The first-order chi connectivity index (χ1) is 16.9. The van der Waals surface area contributed by atoms with Gasteiger partial charge in [-0.15, -0.1) is 0 Å². The molecule has 1 amide bonds. The Morgan fingerprint density at radius 1 is 1.03 bits per heavy atom. The van der Waals surface area contributed by atoms with Gasteiger partial charge in [0.05, 0.1) is 17.2 Å². The van der Waals surface area contributed by atoms with Gasteiger partial charge in [0.25, 0.3) is 5.91 Å². The van der Waals surface area contributed by atoms with E-state index >= 15 is 0 Å². The van der Waals surface area contributed by atoms with Crippen LogP contribution in [0, 0.1) is 5.82 Å². The molecular formula is C25H19FN6O3. The summed E-state index contributed by atoms with van der Waals surface area (Å²) in [6, 6.07) is 17.2. The van der Waals surface area contributed by atoms with Gasteiger partial charge >= 0.3 is 0 Å². The average molecular weight is 470 g/mol. The van der Waals surface area contributed by atoms with E-state index in [0.29, 0.717) is 22.2 Å². The SMILES string of the molecule is Nc1c(C(=O)NCc2ccc(F)cc2)c2nc3ccccc3nc2n1N=Cc1ccc(O)c(O)c1. The van der Waals surface area contributed by atoms with E-state index in [1.807, 2.05) is 12.1 Å². The van der Waals surface area contributed by atoms with Crippen LogP contribution in [0.3, 0.4) is 0 Å². The number of hydrogen-bond donors (Lipinski definition) is 4. The monoisotopic (exact) mass is 470 g/mol. The van der Waals surface area contributed by atoms with Crippen molar-refractivity contribution < 1.29 is 19.4 Å². The quantitative estimate of drug-likeness (QED) is 0.229. The standard InChI is InChI=1S/C25H19FN6O3/c26-16-8-5-14(6-9-16)12-28-25(35)21-22-24(31-18-4-2-1-3-17(18)30-22)32(23(21)27)29-13-15-7-10-19(33)20(34)11-15/h1-11,13,33-34H,12,27H2,(H,28,35). The number of aromatic nitrogens is 3. The molecule has 0 atom stereocenters. The Labute approximate surface area is 198 Å². The van der Waals surface area contributed by atoms with Crippen molar-refractivity contribution in [2.45, 2.75) is 6.54 Å². The first-order valence-electron chi connectivity index (χ1n) is 10.6. The van der Waals surface area contributed by atoms with Crippen LogP contribution < -0.4 is 11.1 Å². The van der Waals surface area contributed by atoms with E-state index < -0.39 is 5.91 Å². The Balaban J connectivity index is 1.58. The van der Waals surface area contributed by atoms with E-state index in [-0.39, 0.29) is 46.4 Å². The normalized spacial score (nSPS) is 11.5. The maximum absolute atomic E-state index is 13.2. The number of nitrogens with one attached hydrogen (secondary N) is 1. The van der Waals surface area contributed by atoms with E-state index in [2.05, 4.69) is 20.4 Å². The molecule has 0 saturated heterocycles. The first kappa shape index (κ1) is 21.8. The molecule has 0 fully saturated rings. The Bertz CT molecular complexity index is 1610. The van der Waals surface area contributed by atoms with Gasteiger partial charge in [-0.05, 0) is 53.6 Å². The molecule has 35 heavy (non-hydrogen) atoms. The molecule has 5 rings (SSSR count). The van der Waals surface area contributed by atoms with E-state index in [1.165, 1.54) is 35.2 Å². The lowest BCUT2D eigenvalue weighted by atomic mass is 10.2. The minimum absolute atomic E-state index is 0.0196. The van der Waals surface area contributed by atoms with Crippen molar-refractivity contribution >= 4 is 40.1 Å². The van der Waals surface area contributed by atoms with Crippen molar-refractivity contribution in [2.75, 3.05) is 5.73 Å². The van der Waals surface area contributed by atoms with Crippen LogP contribution in [0.2, 0.25) is 0 Å². The molecule has 0 aliphatic rings. The smallest absolute Gasteiger partial charge is 0.257 e. The summed E-state index contributed by atoms with van der Waals surface area (Å²) in [4.78, 5) is 22.4. The molecule has 0 saturated carbocycles. The van der Waals surface area contributed by atoms with Crippen molar-refractivity contribution in [3.63, 3.8) is 0 Å². The number of aromatic hydroxyl groups is 2. The number of fused-ring (bicyclic) bond motifs is 2. The number of nitrogens with zero attached hydrogens (tertiary/aromatic N) is 4. The largest absolute Gasteiger partial charge is 0.504 e. The van der Waals surface area contributed by atoms with Crippen molar-refractivity contribution in [1.29, 1.82) is 0 Å². The average Bonchev–Trinajstić information content (AvgIpc) is 3.12. The molecule has 0 aliphatic heterocycles. The molecule has 0 bridgehead atoms. The van der Waals surface area contributed by atoms with E-state index in [4.69, 9.17) is 5.73 Å². The van der Waals surface area contributed by atoms with E-state index in [9.17, 15) is 19.4 Å². The molecule has 9 nitrogen and oxygen atoms in total. The van der Waals surface area contributed by atoms with Crippen molar-refractivity contribution in [2.24, 2.45) is 5.10 Å². The molecule has 174 valence electrons. The molecule has 0 spiro atoms. The lowest BCUT2D eigenvalue weighted by molar-refractivity contribution is 0.0953. The van der Waals surface area contributed by atoms with Gasteiger partial charge in [0.15, 0.2) is 17.1 Å². The number of hydrogen-bond acceptors (Lipinski definition) is 7. The summed E-state index contributed by atoms with van der Waals surface area (Å²) < 4.78 is 14.5. The number of benzene rings is 3. The number of rotatable bonds is 5. The van der Waals surface area contributed by atoms with Gasteiger partial charge in [0.2, 0.25) is 0 Å². The molecule has 10 heteroatoms. The van der Waals surface area contributed by atoms with Crippen LogP contribution >= 0.6 is 0 Å². The molecule has 5 N–H and O–H groups in total. The summed E-state index contributed by atoms with van der Waals surface area (Å²) in [6.07, 6.45) is 1.41. The molecule has 2 aromatic heterocycles. The minimum atomic E-state index is -0.488. The van der Waals surface area contributed by atoms with Gasteiger partial charge in [-0.1, -0.05) is 24.3 Å². The topological polar surface area (TPSA) is 139 Å². The maximum atomic E-state index is 13.2. The van der Waals surface area contributed by atoms with Crippen molar-refractivity contribution in [3.05, 3.63) is 89.2 Å². The third-order valence-electron chi connectivity index (χ3n) is 5.39. The van der Waals surface area contributed by atoms with Crippen LogP contribution in [0.15, 0.2) is 71.8 Å². The zero-order valence-corrected chi connectivity index (χ0v) is 18.2. The number of nitrogens with two attached hydrogens (primary N) is 1. The number of phenols is 2. The Kier molecular flexibility index (Phi) is 5.46. The number of carbonyl (C=O) groups excluding carboxylic acids is 1. The summed E-state index contributed by atoms with van der Waals surface area (Å²) in [6.45, 7) is 0.155. The lowest BCUT2D eigenvalue weighted by Crippen LogP contribution is -2.23. The lowest BCUT2D eigenvalue weighted by Gasteiger charge is -2.06. The Morgan fingerprint density at radius 2 is 1.74 bits per heavy atom. The second-order valence-electron chi connectivity index (χ2n) is 7.76. The fraction of sp³-hybridized carbons (Fsp3) is 0.0400. The van der Waals surface area contributed by atoms with Gasteiger partial charge in [-0.2, -0.15) is 9.78 Å². The van der Waals surface area contributed by atoms with Gasteiger partial charge in [0.1, 0.15) is 22.7 Å². The molecule has 2 heterocycles. The number of anilines is 1. The molecule has 0 aliphatic carbocycles. The number of carbonyl (C=O) groups is 1. The summed E-state index contributed by atoms with van der Waals surface area (Å²) in [7, 11) is 0. The van der Waals surface area contributed by atoms with Gasteiger partial charge < -0.3 is 21.3 Å². The van der Waals surface area contributed by atoms with Gasteiger partial charge in [-0.3, -0.25) is 4.79 Å². The third-order valence-corrected chi connectivity index (χ3v) is 5.39. The maximum Gasteiger partial charge on any atom is 0.257 e. The fourth-order valence-electron chi connectivity index (χ4n) is 3.61. The molecule has 3 aromatic carbocycles. The summed E-state index contributed by atoms with van der Waals surface area (Å²) >= 11 is 0. The predicted octanol–water partition coefficient (Wildman–Crippen LogP) is 3.53. The highest BCUT2D eigenvalue weighted by Crippen LogP contribution is 2.28. The summed E-state index contributed by atoms with van der Waals surface area (Å²) in [5.41, 5.74) is 9.37. The second kappa shape index (κ2) is 8.75. The Hall–Kier alpha value is -4.99. The Morgan fingerprint density at radius 3 is 2.46 bits per heavy atom. The number of para-hydroxylation sites is 2. The summed E-state index contributed by atoms with van der Waals surface area (Å²) in [5.74, 6) is -1.39. The van der Waals surface area contributed by atoms with Crippen LogP contribution in [0.4, 0.5) is 10.2 Å². The molecule has 0 radical (unpaired) electrons. The zero-order valence-electron chi connectivity index (χ0n) is 18.2. The van der Waals surface area contributed by atoms with Crippen LogP contribution in [-0.2, 0) is 6.54 Å². The highest BCUT2D eigenvalue weighted by Gasteiger charge is 2.24. The van der Waals surface area contributed by atoms with E-state index in [0.717, 1.165) is 0 Å². The highest BCUT2D eigenvalue weighted by atomic mass is 19.1. The second-order valence-corrected chi connectivity index (χ2v) is 7.76. The third kappa shape index (κ3) is 4.20. The minimum Gasteiger partial charge on any atom is -0.504 e. The number of amides is 1.